The quantitative estimate of drug-likeness (QED) is 0.352. The molecular weight excluding hydrogens is 522 g/mol. The van der Waals surface area contributed by atoms with Crippen molar-refractivity contribution in [2.45, 2.75) is 38.6 Å². The number of hydrogen-bond acceptors (Lipinski definition) is 5. The predicted molar refractivity (Wildman–Crippen MR) is 134 cm³/mol. The third-order valence-electron chi connectivity index (χ3n) is 5.54. The second-order valence-corrected chi connectivity index (χ2v) is 9.19. The Morgan fingerprint density at radius 3 is 2.76 bits per heavy atom. The van der Waals surface area contributed by atoms with E-state index < -0.39 is 12.0 Å². The zero-order valence-electron chi connectivity index (χ0n) is 18.5. The van der Waals surface area contributed by atoms with Crippen LogP contribution in [0.25, 0.3) is 10.9 Å². The fourth-order valence-electron chi connectivity index (χ4n) is 3.96. The van der Waals surface area contributed by atoms with Crippen molar-refractivity contribution < 1.29 is 19.4 Å². The van der Waals surface area contributed by atoms with E-state index in [-0.39, 0.29) is 25.2 Å². The molecule has 9 heteroatoms. The highest BCUT2D eigenvalue weighted by Crippen LogP contribution is 2.38. The molecule has 0 aliphatic carbocycles. The zero-order chi connectivity index (χ0) is 24.2. The van der Waals surface area contributed by atoms with Gasteiger partial charge in [0, 0.05) is 40.8 Å². The lowest BCUT2D eigenvalue weighted by atomic mass is 9.98. The summed E-state index contributed by atoms with van der Waals surface area (Å²) in [6.07, 6.45) is 0.704. The molecule has 0 spiro atoms. The first kappa shape index (κ1) is 24.2. The minimum Gasteiger partial charge on any atom is -0.494 e. The number of carbonyl (C=O) groups is 2. The van der Waals surface area contributed by atoms with E-state index in [1.807, 2.05) is 55.5 Å². The van der Waals surface area contributed by atoms with Gasteiger partial charge < -0.3 is 9.84 Å². The zero-order valence-corrected chi connectivity index (χ0v) is 20.8. The van der Waals surface area contributed by atoms with Crippen LogP contribution in [0, 0.1) is 0 Å². The van der Waals surface area contributed by atoms with Gasteiger partial charge in [0.05, 0.1) is 23.9 Å². The third kappa shape index (κ3) is 5.39. The maximum atomic E-state index is 13.1. The molecule has 34 heavy (non-hydrogen) atoms. The Balaban J connectivity index is 1.69. The molecule has 1 aliphatic heterocycles. The third-order valence-corrected chi connectivity index (χ3v) is 6.34. The number of pyridine rings is 1. The van der Waals surface area contributed by atoms with Gasteiger partial charge in [-0.05, 0) is 49.2 Å². The molecule has 1 N–H and O–H groups in total. The Labute approximate surface area is 210 Å². The number of benzene rings is 2. The first-order valence-electron chi connectivity index (χ1n) is 11.0. The molecule has 4 rings (SSSR count). The average Bonchev–Trinajstić information content (AvgIpc) is 3.24. The van der Waals surface area contributed by atoms with Crippen molar-refractivity contribution in [2.24, 2.45) is 5.10 Å². The molecule has 1 aromatic heterocycles. The molecule has 1 amide bonds. The molecule has 2 aromatic carbocycles. The van der Waals surface area contributed by atoms with Crippen molar-refractivity contribution in [2.75, 3.05) is 6.61 Å². The Morgan fingerprint density at radius 1 is 1.21 bits per heavy atom. The van der Waals surface area contributed by atoms with Crippen LogP contribution in [0.3, 0.4) is 0 Å². The summed E-state index contributed by atoms with van der Waals surface area (Å²) in [6, 6.07) is 14.8. The van der Waals surface area contributed by atoms with E-state index in [9.17, 15) is 9.59 Å². The molecule has 0 fully saturated rings. The number of ether oxygens (including phenoxy) is 1. The van der Waals surface area contributed by atoms with Gasteiger partial charge in [-0.3, -0.25) is 9.59 Å². The number of carboxylic acid groups (broad SMARTS) is 1. The number of hydrazone groups is 1. The number of hydrogen-bond donors (Lipinski definition) is 1. The van der Waals surface area contributed by atoms with Crippen molar-refractivity contribution in [1.82, 2.24) is 9.99 Å². The number of rotatable bonds is 8. The highest BCUT2D eigenvalue weighted by molar-refractivity contribution is 9.10. The van der Waals surface area contributed by atoms with E-state index >= 15 is 0 Å². The van der Waals surface area contributed by atoms with Crippen LogP contribution >= 0.6 is 27.5 Å². The number of nitrogens with zero attached hydrogens (tertiary/aromatic N) is 3. The number of carboxylic acids is 1. The van der Waals surface area contributed by atoms with Crippen molar-refractivity contribution >= 4 is 56.0 Å². The van der Waals surface area contributed by atoms with Gasteiger partial charge in [-0.25, -0.2) is 9.99 Å². The number of fused-ring (bicyclic) bond motifs is 1. The molecule has 176 valence electrons. The molecule has 2 heterocycles. The van der Waals surface area contributed by atoms with Gasteiger partial charge in [-0.15, -0.1) is 0 Å². The molecule has 0 saturated carbocycles. The van der Waals surface area contributed by atoms with Crippen LogP contribution in [0.4, 0.5) is 0 Å². The minimum absolute atomic E-state index is 0.0765. The van der Waals surface area contributed by atoms with Crippen LogP contribution in [-0.4, -0.2) is 39.3 Å². The molecule has 1 atom stereocenters. The van der Waals surface area contributed by atoms with Gasteiger partial charge in [-0.1, -0.05) is 39.7 Å². The Hall–Kier alpha value is -2.97. The predicted octanol–water partition coefficient (Wildman–Crippen LogP) is 5.98. The van der Waals surface area contributed by atoms with Crippen molar-refractivity contribution in [3.05, 3.63) is 69.3 Å². The highest BCUT2D eigenvalue weighted by Gasteiger charge is 2.34. The smallest absolute Gasteiger partial charge is 0.303 e. The van der Waals surface area contributed by atoms with E-state index in [2.05, 4.69) is 26.0 Å². The van der Waals surface area contributed by atoms with Gasteiger partial charge in [-0.2, -0.15) is 5.10 Å². The van der Waals surface area contributed by atoms with E-state index in [1.54, 1.807) is 0 Å². The Kier molecular flexibility index (Phi) is 7.48. The molecule has 3 aromatic rings. The molecule has 0 radical (unpaired) electrons. The van der Waals surface area contributed by atoms with E-state index in [0.717, 1.165) is 21.1 Å². The van der Waals surface area contributed by atoms with E-state index in [1.165, 1.54) is 5.01 Å². The van der Waals surface area contributed by atoms with Crippen LogP contribution in [0.1, 0.15) is 49.8 Å². The number of carbonyl (C=O) groups excluding carboxylic acids is 1. The first-order valence-corrected chi connectivity index (χ1v) is 12.1. The fourth-order valence-corrected chi connectivity index (χ4v) is 4.63. The largest absolute Gasteiger partial charge is 0.494 e. The number of amides is 1. The molecule has 0 bridgehead atoms. The van der Waals surface area contributed by atoms with Gasteiger partial charge in [0.15, 0.2) is 0 Å². The Bertz CT molecular complexity index is 1280. The highest BCUT2D eigenvalue weighted by atomic mass is 79.9. The summed E-state index contributed by atoms with van der Waals surface area (Å²) >= 11 is 10.1. The molecule has 0 unspecified atom stereocenters. The van der Waals surface area contributed by atoms with Gasteiger partial charge >= 0.3 is 5.97 Å². The average molecular weight is 545 g/mol. The normalized spacial score (nSPS) is 15.4. The summed E-state index contributed by atoms with van der Waals surface area (Å²) in [5.74, 6) is -0.473. The summed E-state index contributed by atoms with van der Waals surface area (Å²) in [7, 11) is 0. The monoisotopic (exact) mass is 543 g/mol. The first-order chi connectivity index (χ1) is 16.4. The topological polar surface area (TPSA) is 92.1 Å². The maximum absolute atomic E-state index is 13.1. The lowest BCUT2D eigenvalue weighted by Crippen LogP contribution is -2.27. The van der Waals surface area contributed by atoms with Crippen LogP contribution in [0.5, 0.6) is 5.75 Å². The van der Waals surface area contributed by atoms with Gasteiger partial charge in [0.2, 0.25) is 5.91 Å². The summed E-state index contributed by atoms with van der Waals surface area (Å²) in [5, 5.41) is 16.2. The van der Waals surface area contributed by atoms with Crippen molar-refractivity contribution in [3.63, 3.8) is 0 Å². The standard InChI is InChI=1S/C25H23BrClN3O4/c1-2-34-18-10-9-16-12-19(25(27)28-20(16)13-18)22-14-21(15-5-3-6-17(26)11-15)29-30(22)23(31)7-4-8-24(32)33/h3,5-6,9-13,22H,2,4,7-8,14H2,1H3,(H,32,33)/t22-/m0/s1. The second-order valence-electron chi connectivity index (χ2n) is 7.92. The van der Waals surface area contributed by atoms with E-state index in [0.29, 0.717) is 35.0 Å². The van der Waals surface area contributed by atoms with Crippen LogP contribution in [0.2, 0.25) is 5.15 Å². The molecule has 0 saturated heterocycles. The summed E-state index contributed by atoms with van der Waals surface area (Å²) in [5.41, 5.74) is 3.04. The van der Waals surface area contributed by atoms with Crippen molar-refractivity contribution in [1.29, 1.82) is 0 Å². The minimum atomic E-state index is -0.933. The van der Waals surface area contributed by atoms with Gasteiger partial charge in [0.25, 0.3) is 0 Å². The maximum Gasteiger partial charge on any atom is 0.303 e. The summed E-state index contributed by atoms with van der Waals surface area (Å²) in [6.45, 7) is 2.47. The summed E-state index contributed by atoms with van der Waals surface area (Å²) < 4.78 is 6.47. The summed E-state index contributed by atoms with van der Waals surface area (Å²) in [4.78, 5) is 28.5. The van der Waals surface area contributed by atoms with Crippen molar-refractivity contribution in [3.8, 4) is 5.75 Å². The Morgan fingerprint density at radius 2 is 2.03 bits per heavy atom. The van der Waals surface area contributed by atoms with Gasteiger partial charge in [0.1, 0.15) is 10.9 Å². The van der Waals surface area contributed by atoms with Crippen LogP contribution in [-0.2, 0) is 9.59 Å². The molecule has 7 nitrogen and oxygen atoms in total. The van der Waals surface area contributed by atoms with Crippen LogP contribution < -0.4 is 4.74 Å². The second kappa shape index (κ2) is 10.5. The van der Waals surface area contributed by atoms with E-state index in [4.69, 9.17) is 21.4 Å². The SMILES string of the molecule is CCOc1ccc2cc([C@@H]3CC(c4cccc(Br)c4)=NN3C(=O)CCCC(=O)O)c(Cl)nc2c1. The fraction of sp³-hybridized carbons (Fsp3) is 0.280. The van der Waals surface area contributed by atoms with Crippen LogP contribution in [0.15, 0.2) is 58.1 Å². The number of aliphatic carboxylic acids is 1. The molecular formula is C25H23BrClN3O4. The molecule has 1 aliphatic rings. The number of aromatic nitrogens is 1. The lowest BCUT2D eigenvalue weighted by molar-refractivity contribution is -0.137. The lowest BCUT2D eigenvalue weighted by Gasteiger charge is -2.23. The number of halogens is 2.